The van der Waals surface area contributed by atoms with Crippen LogP contribution in [0.1, 0.15) is 52.9 Å². The summed E-state index contributed by atoms with van der Waals surface area (Å²) in [6, 6.07) is 0. The first-order valence-electron chi connectivity index (χ1n) is 6.44. The van der Waals surface area contributed by atoms with Crippen molar-refractivity contribution in [1.82, 2.24) is 0 Å². The Morgan fingerprint density at radius 3 is 2.12 bits per heavy atom. The summed E-state index contributed by atoms with van der Waals surface area (Å²) < 4.78 is 0. The minimum absolute atomic E-state index is 0.260. The second-order valence-corrected chi connectivity index (χ2v) is 5.09. The van der Waals surface area contributed by atoms with Crippen molar-refractivity contribution in [2.75, 3.05) is 6.54 Å². The third-order valence-corrected chi connectivity index (χ3v) is 3.29. The summed E-state index contributed by atoms with van der Waals surface area (Å²) in [6.07, 6.45) is 5.31. The Kier molecular flexibility index (Phi) is 8.26. The lowest BCUT2D eigenvalue weighted by Gasteiger charge is -2.18. The van der Waals surface area contributed by atoms with E-state index in [0.717, 1.165) is 25.2 Å². The van der Waals surface area contributed by atoms with Gasteiger partial charge < -0.3 is 10.8 Å². The number of rotatable bonds is 9. The molecule has 3 heteroatoms. The molecule has 0 aliphatic rings. The molecular weight excluding hydrogens is 202 g/mol. The van der Waals surface area contributed by atoms with Crippen LogP contribution in [-0.4, -0.2) is 17.6 Å². The number of nitrogens with two attached hydrogens (primary N) is 1. The number of aliphatic carboxylic acids is 1. The zero-order valence-electron chi connectivity index (χ0n) is 10.9. The molecule has 0 saturated carbocycles. The Bertz CT molecular complexity index is 192. The van der Waals surface area contributed by atoms with Gasteiger partial charge in [-0.25, -0.2) is 0 Å². The summed E-state index contributed by atoms with van der Waals surface area (Å²) in [4.78, 5) is 10.8. The lowest BCUT2D eigenvalue weighted by atomic mass is 9.89. The molecule has 16 heavy (non-hydrogen) atoms. The van der Waals surface area contributed by atoms with Crippen LogP contribution in [0.3, 0.4) is 0 Å². The maximum atomic E-state index is 10.8. The molecule has 96 valence electrons. The molecule has 0 aromatic heterocycles. The fourth-order valence-corrected chi connectivity index (χ4v) is 1.90. The quantitative estimate of drug-likeness (QED) is 0.639. The lowest BCUT2D eigenvalue weighted by molar-refractivity contribution is -0.141. The van der Waals surface area contributed by atoms with E-state index < -0.39 is 5.97 Å². The molecule has 0 fully saturated rings. The second kappa shape index (κ2) is 8.57. The highest BCUT2D eigenvalue weighted by atomic mass is 16.4. The van der Waals surface area contributed by atoms with Crippen molar-refractivity contribution in [3.8, 4) is 0 Å². The van der Waals surface area contributed by atoms with Gasteiger partial charge in [-0.2, -0.15) is 0 Å². The minimum Gasteiger partial charge on any atom is -0.481 e. The molecule has 0 radical (unpaired) electrons. The lowest BCUT2D eigenvalue weighted by Crippen LogP contribution is -2.24. The van der Waals surface area contributed by atoms with E-state index in [9.17, 15) is 4.79 Å². The van der Waals surface area contributed by atoms with Gasteiger partial charge in [-0.1, -0.05) is 40.0 Å². The zero-order valence-corrected chi connectivity index (χ0v) is 10.9. The van der Waals surface area contributed by atoms with E-state index in [-0.39, 0.29) is 12.5 Å². The predicted molar refractivity (Wildman–Crippen MR) is 67.3 cm³/mol. The molecule has 0 aliphatic heterocycles. The molecule has 0 spiro atoms. The molecule has 3 nitrogen and oxygen atoms in total. The summed E-state index contributed by atoms with van der Waals surface area (Å²) in [6.45, 7) is 6.90. The van der Waals surface area contributed by atoms with Crippen LogP contribution >= 0.6 is 0 Å². The van der Waals surface area contributed by atoms with Gasteiger partial charge >= 0.3 is 5.97 Å². The molecule has 3 N–H and O–H groups in total. The van der Waals surface area contributed by atoms with Gasteiger partial charge in [-0.05, 0) is 24.7 Å². The maximum absolute atomic E-state index is 10.8. The molecule has 0 bridgehead atoms. The normalized spacial score (nSPS) is 15.1. The van der Waals surface area contributed by atoms with E-state index in [1.54, 1.807) is 0 Å². The van der Waals surface area contributed by atoms with Gasteiger partial charge in [-0.15, -0.1) is 0 Å². The average molecular weight is 229 g/mol. The van der Waals surface area contributed by atoms with Crippen LogP contribution in [0.2, 0.25) is 0 Å². The van der Waals surface area contributed by atoms with E-state index in [1.807, 2.05) is 0 Å². The number of hydrogen-bond acceptors (Lipinski definition) is 2. The minimum atomic E-state index is -0.749. The Morgan fingerprint density at radius 2 is 1.75 bits per heavy atom. The zero-order chi connectivity index (χ0) is 12.6. The van der Waals surface area contributed by atoms with Crippen LogP contribution in [-0.2, 0) is 4.79 Å². The van der Waals surface area contributed by atoms with Crippen LogP contribution in [0, 0.1) is 17.8 Å². The summed E-state index contributed by atoms with van der Waals surface area (Å²) in [5.41, 5.74) is 5.44. The topological polar surface area (TPSA) is 63.3 Å². The largest absolute Gasteiger partial charge is 0.481 e. The molecule has 0 saturated heterocycles. The van der Waals surface area contributed by atoms with Gasteiger partial charge in [0.2, 0.25) is 0 Å². The Balaban J connectivity index is 3.88. The first-order valence-corrected chi connectivity index (χ1v) is 6.44. The highest BCUT2D eigenvalue weighted by Gasteiger charge is 2.17. The third-order valence-electron chi connectivity index (χ3n) is 3.29. The Hall–Kier alpha value is -0.570. The molecule has 2 unspecified atom stereocenters. The van der Waals surface area contributed by atoms with Gasteiger partial charge in [0, 0.05) is 6.54 Å². The molecule has 0 heterocycles. The summed E-state index contributed by atoms with van der Waals surface area (Å²) >= 11 is 0. The van der Waals surface area contributed by atoms with Gasteiger partial charge in [0.05, 0.1) is 5.92 Å². The number of hydrogen-bond donors (Lipinski definition) is 2. The molecule has 0 rings (SSSR count). The van der Waals surface area contributed by atoms with Crippen molar-refractivity contribution < 1.29 is 9.90 Å². The fourth-order valence-electron chi connectivity index (χ4n) is 1.90. The van der Waals surface area contributed by atoms with E-state index in [2.05, 4.69) is 20.8 Å². The van der Waals surface area contributed by atoms with E-state index in [0.29, 0.717) is 5.92 Å². The molecule has 2 atom stereocenters. The monoisotopic (exact) mass is 229 g/mol. The predicted octanol–water partition coefficient (Wildman–Crippen LogP) is 2.89. The van der Waals surface area contributed by atoms with E-state index in [1.165, 1.54) is 12.8 Å². The Labute approximate surface area is 99.4 Å². The number of carboxylic acids is 1. The van der Waals surface area contributed by atoms with Crippen LogP contribution in [0.15, 0.2) is 0 Å². The summed E-state index contributed by atoms with van der Waals surface area (Å²) in [5.74, 6) is 0.295. The summed E-state index contributed by atoms with van der Waals surface area (Å²) in [5, 5.41) is 8.90. The van der Waals surface area contributed by atoms with Gasteiger partial charge in [0.25, 0.3) is 0 Å². The van der Waals surface area contributed by atoms with Crippen molar-refractivity contribution in [1.29, 1.82) is 0 Å². The van der Waals surface area contributed by atoms with Gasteiger partial charge in [0.15, 0.2) is 0 Å². The third kappa shape index (κ3) is 6.83. The van der Waals surface area contributed by atoms with E-state index in [4.69, 9.17) is 10.8 Å². The molecule has 0 aromatic carbocycles. The fraction of sp³-hybridized carbons (Fsp3) is 0.923. The van der Waals surface area contributed by atoms with Crippen molar-refractivity contribution in [3.05, 3.63) is 0 Å². The SMILES string of the molecule is CCC(CCC(C)C)CCC(CN)C(=O)O. The van der Waals surface area contributed by atoms with Crippen LogP contribution in [0.25, 0.3) is 0 Å². The Morgan fingerprint density at radius 1 is 1.19 bits per heavy atom. The van der Waals surface area contributed by atoms with Crippen molar-refractivity contribution >= 4 is 5.97 Å². The number of carbonyl (C=O) groups is 1. The second-order valence-electron chi connectivity index (χ2n) is 5.09. The van der Waals surface area contributed by atoms with Gasteiger partial charge in [0.1, 0.15) is 0 Å². The highest BCUT2D eigenvalue weighted by Crippen LogP contribution is 2.22. The van der Waals surface area contributed by atoms with Crippen LogP contribution < -0.4 is 5.73 Å². The highest BCUT2D eigenvalue weighted by molar-refractivity contribution is 5.70. The molecule has 0 aromatic rings. The molecule has 0 amide bonds. The van der Waals surface area contributed by atoms with E-state index >= 15 is 0 Å². The van der Waals surface area contributed by atoms with Crippen LogP contribution in [0.4, 0.5) is 0 Å². The smallest absolute Gasteiger partial charge is 0.307 e. The molecule has 0 aliphatic carbocycles. The molecular formula is C13H27NO2. The number of carboxylic acid groups (broad SMARTS) is 1. The van der Waals surface area contributed by atoms with Gasteiger partial charge in [-0.3, -0.25) is 4.79 Å². The first kappa shape index (κ1) is 15.4. The standard InChI is InChI=1S/C13H27NO2/c1-4-11(6-5-10(2)3)7-8-12(9-14)13(15)16/h10-12H,4-9,14H2,1-3H3,(H,15,16). The van der Waals surface area contributed by atoms with Crippen molar-refractivity contribution in [2.24, 2.45) is 23.5 Å². The average Bonchev–Trinajstić information content (AvgIpc) is 2.22. The first-order chi connectivity index (χ1) is 7.51. The van der Waals surface area contributed by atoms with Crippen molar-refractivity contribution in [2.45, 2.75) is 52.9 Å². The van der Waals surface area contributed by atoms with Crippen LogP contribution in [0.5, 0.6) is 0 Å². The maximum Gasteiger partial charge on any atom is 0.307 e. The summed E-state index contributed by atoms with van der Waals surface area (Å²) in [7, 11) is 0. The van der Waals surface area contributed by atoms with Crippen molar-refractivity contribution in [3.63, 3.8) is 0 Å².